The molecule has 0 spiro atoms. The van der Waals surface area contributed by atoms with E-state index >= 15 is 0 Å². The fourth-order valence-electron chi connectivity index (χ4n) is 2.89. The molecule has 6 nitrogen and oxygen atoms in total. The topological polar surface area (TPSA) is 75.0 Å². The largest absolute Gasteiger partial charge is 0.468 e. The molecule has 3 aromatic rings. The molecule has 0 saturated heterocycles. The zero-order valence-corrected chi connectivity index (χ0v) is 12.5. The molecule has 3 aromatic heterocycles. The minimum atomic E-state index is -0.0495. The molecule has 1 N–H and O–H groups in total. The molecule has 0 saturated carbocycles. The van der Waals surface area contributed by atoms with Crippen molar-refractivity contribution in [3.63, 3.8) is 0 Å². The van der Waals surface area contributed by atoms with Gasteiger partial charge in [-0.1, -0.05) is 0 Å². The van der Waals surface area contributed by atoms with Gasteiger partial charge in [0.05, 0.1) is 18.5 Å². The minimum absolute atomic E-state index is 0.0495. The van der Waals surface area contributed by atoms with Crippen LogP contribution >= 0.6 is 0 Å². The van der Waals surface area contributed by atoms with Gasteiger partial charge in [0.2, 0.25) is 0 Å². The lowest BCUT2D eigenvalue weighted by atomic mass is 10.1. The van der Waals surface area contributed by atoms with Crippen molar-refractivity contribution in [3.05, 3.63) is 70.3 Å². The molecule has 4 heterocycles. The summed E-state index contributed by atoms with van der Waals surface area (Å²) in [6, 6.07) is 7.57. The van der Waals surface area contributed by atoms with Gasteiger partial charge >= 0.3 is 0 Å². The van der Waals surface area contributed by atoms with Crippen molar-refractivity contribution in [2.24, 2.45) is 0 Å². The van der Waals surface area contributed by atoms with Crippen molar-refractivity contribution < 1.29 is 4.42 Å². The number of hydrogen-bond acceptors (Lipinski definition) is 5. The van der Waals surface area contributed by atoms with Crippen LogP contribution in [0.1, 0.15) is 17.0 Å². The summed E-state index contributed by atoms with van der Waals surface area (Å²) in [4.78, 5) is 26.2. The predicted octanol–water partition coefficient (Wildman–Crippen LogP) is 1.98. The molecule has 0 atom stereocenters. The van der Waals surface area contributed by atoms with E-state index < -0.39 is 0 Å². The molecule has 0 amide bonds. The van der Waals surface area contributed by atoms with Crippen molar-refractivity contribution in [2.75, 3.05) is 6.54 Å². The Balaban J connectivity index is 1.64. The van der Waals surface area contributed by atoms with E-state index in [2.05, 4.69) is 19.9 Å². The first-order chi connectivity index (χ1) is 11.3. The number of aromatic nitrogens is 3. The fourth-order valence-corrected chi connectivity index (χ4v) is 2.89. The van der Waals surface area contributed by atoms with Gasteiger partial charge in [-0.05, 0) is 30.7 Å². The van der Waals surface area contributed by atoms with Crippen molar-refractivity contribution in [3.8, 4) is 11.4 Å². The highest BCUT2D eigenvalue weighted by Crippen LogP contribution is 2.19. The summed E-state index contributed by atoms with van der Waals surface area (Å²) in [6.45, 7) is 2.20. The normalized spacial score (nSPS) is 14.6. The van der Waals surface area contributed by atoms with Crippen molar-refractivity contribution in [2.45, 2.75) is 19.5 Å². The monoisotopic (exact) mass is 308 g/mol. The van der Waals surface area contributed by atoms with Gasteiger partial charge in [-0.15, -0.1) is 0 Å². The Morgan fingerprint density at radius 3 is 3.04 bits per heavy atom. The molecule has 0 unspecified atom stereocenters. The number of rotatable bonds is 3. The SMILES string of the molecule is O=c1[nH]c(-c2cccnc2)nc2c1CCN(Cc1ccco1)C2. The second-order valence-corrected chi connectivity index (χ2v) is 5.62. The Labute approximate surface area is 132 Å². The third kappa shape index (κ3) is 2.80. The van der Waals surface area contributed by atoms with Gasteiger partial charge in [-0.2, -0.15) is 0 Å². The number of aromatic amines is 1. The number of hydrogen-bond donors (Lipinski definition) is 1. The van der Waals surface area contributed by atoms with Gasteiger partial charge in [-0.3, -0.25) is 14.7 Å². The second kappa shape index (κ2) is 5.81. The highest BCUT2D eigenvalue weighted by molar-refractivity contribution is 5.53. The first-order valence-corrected chi connectivity index (χ1v) is 7.57. The highest BCUT2D eigenvalue weighted by atomic mass is 16.3. The number of fused-ring (bicyclic) bond motifs is 1. The number of nitrogens with zero attached hydrogens (tertiary/aromatic N) is 3. The molecule has 0 aromatic carbocycles. The standard InChI is InChI=1S/C17H16N4O2/c22-17-14-5-7-21(10-13-4-2-8-23-13)11-15(14)19-16(20-17)12-3-1-6-18-9-12/h1-4,6,8-9H,5,7,10-11H2,(H,19,20,22). The van der Waals surface area contributed by atoms with Crippen LogP contribution in [0, 0.1) is 0 Å². The van der Waals surface area contributed by atoms with Crippen LogP contribution in [0.4, 0.5) is 0 Å². The lowest BCUT2D eigenvalue weighted by Gasteiger charge is -2.26. The Morgan fingerprint density at radius 1 is 1.30 bits per heavy atom. The molecule has 23 heavy (non-hydrogen) atoms. The van der Waals surface area contributed by atoms with Gasteiger partial charge in [-0.25, -0.2) is 4.98 Å². The van der Waals surface area contributed by atoms with Crippen LogP contribution in [0.25, 0.3) is 11.4 Å². The quantitative estimate of drug-likeness (QED) is 0.801. The lowest BCUT2D eigenvalue weighted by molar-refractivity contribution is 0.221. The number of furan rings is 1. The van der Waals surface area contributed by atoms with E-state index in [4.69, 9.17) is 4.42 Å². The summed E-state index contributed by atoms with van der Waals surface area (Å²) in [5.41, 5.74) is 2.39. The molecule has 4 rings (SSSR count). The average Bonchev–Trinajstić information content (AvgIpc) is 3.08. The zero-order valence-electron chi connectivity index (χ0n) is 12.5. The van der Waals surface area contributed by atoms with Gasteiger partial charge in [0, 0.05) is 36.6 Å². The number of H-pyrrole nitrogens is 1. The number of nitrogens with one attached hydrogen (secondary N) is 1. The summed E-state index contributed by atoms with van der Waals surface area (Å²) in [5, 5.41) is 0. The van der Waals surface area contributed by atoms with E-state index in [1.165, 1.54) is 0 Å². The van der Waals surface area contributed by atoms with Crippen LogP contribution in [0.2, 0.25) is 0 Å². The van der Waals surface area contributed by atoms with E-state index in [0.29, 0.717) is 18.8 Å². The molecule has 0 aliphatic carbocycles. The van der Waals surface area contributed by atoms with Crippen LogP contribution in [-0.2, 0) is 19.5 Å². The molecule has 0 radical (unpaired) electrons. The molecular weight excluding hydrogens is 292 g/mol. The van der Waals surface area contributed by atoms with Crippen LogP contribution in [0.3, 0.4) is 0 Å². The van der Waals surface area contributed by atoms with Gasteiger partial charge in [0.15, 0.2) is 0 Å². The molecule has 0 bridgehead atoms. The first kappa shape index (κ1) is 13.9. The van der Waals surface area contributed by atoms with Crippen LogP contribution in [0.5, 0.6) is 0 Å². The third-order valence-corrected chi connectivity index (χ3v) is 4.05. The minimum Gasteiger partial charge on any atom is -0.468 e. The Bertz CT molecular complexity index is 856. The molecule has 0 fully saturated rings. The van der Waals surface area contributed by atoms with E-state index in [1.54, 1.807) is 18.7 Å². The molecule has 116 valence electrons. The van der Waals surface area contributed by atoms with Crippen molar-refractivity contribution >= 4 is 0 Å². The number of pyridine rings is 1. The van der Waals surface area contributed by atoms with E-state index in [-0.39, 0.29) is 5.56 Å². The van der Waals surface area contributed by atoms with E-state index in [0.717, 1.165) is 35.7 Å². The fraction of sp³-hybridized carbons (Fsp3) is 0.235. The van der Waals surface area contributed by atoms with Crippen LogP contribution < -0.4 is 5.56 Å². The second-order valence-electron chi connectivity index (χ2n) is 5.62. The first-order valence-electron chi connectivity index (χ1n) is 7.57. The van der Waals surface area contributed by atoms with Crippen molar-refractivity contribution in [1.29, 1.82) is 0 Å². The third-order valence-electron chi connectivity index (χ3n) is 4.05. The summed E-state index contributed by atoms with van der Waals surface area (Å²) < 4.78 is 5.40. The Hall–Kier alpha value is -2.73. The predicted molar refractivity (Wildman–Crippen MR) is 84.6 cm³/mol. The molecule has 1 aliphatic heterocycles. The molecule has 6 heteroatoms. The highest BCUT2D eigenvalue weighted by Gasteiger charge is 2.22. The zero-order chi connectivity index (χ0) is 15.6. The molecule has 1 aliphatic rings. The van der Waals surface area contributed by atoms with Crippen LogP contribution in [0.15, 0.2) is 52.1 Å². The lowest BCUT2D eigenvalue weighted by Crippen LogP contribution is -2.35. The summed E-state index contributed by atoms with van der Waals surface area (Å²) in [6.07, 6.45) is 5.78. The van der Waals surface area contributed by atoms with E-state index in [9.17, 15) is 4.79 Å². The van der Waals surface area contributed by atoms with Crippen molar-refractivity contribution in [1.82, 2.24) is 19.9 Å². The summed E-state index contributed by atoms with van der Waals surface area (Å²) in [5.74, 6) is 1.49. The summed E-state index contributed by atoms with van der Waals surface area (Å²) in [7, 11) is 0. The Kier molecular flexibility index (Phi) is 3.51. The maximum Gasteiger partial charge on any atom is 0.254 e. The van der Waals surface area contributed by atoms with Gasteiger partial charge in [0.1, 0.15) is 11.6 Å². The Morgan fingerprint density at radius 2 is 2.26 bits per heavy atom. The van der Waals surface area contributed by atoms with Gasteiger partial charge in [0.25, 0.3) is 5.56 Å². The summed E-state index contributed by atoms with van der Waals surface area (Å²) >= 11 is 0. The average molecular weight is 308 g/mol. The van der Waals surface area contributed by atoms with Crippen LogP contribution in [-0.4, -0.2) is 26.4 Å². The maximum absolute atomic E-state index is 12.3. The molecular formula is C17H16N4O2. The van der Waals surface area contributed by atoms with Gasteiger partial charge < -0.3 is 9.40 Å². The van der Waals surface area contributed by atoms with E-state index in [1.807, 2.05) is 24.3 Å². The maximum atomic E-state index is 12.3. The smallest absolute Gasteiger partial charge is 0.254 e.